The number of aliphatic hydroxyl groups excluding tert-OH is 2. The van der Waals surface area contributed by atoms with Gasteiger partial charge in [0.25, 0.3) is 0 Å². The molecule has 0 aromatic heterocycles. The van der Waals surface area contributed by atoms with Crippen molar-refractivity contribution >= 4 is 12.2 Å². The van der Waals surface area contributed by atoms with Crippen molar-refractivity contribution in [3.63, 3.8) is 0 Å². The van der Waals surface area contributed by atoms with Crippen molar-refractivity contribution < 1.29 is 19.8 Å². The lowest BCUT2D eigenvalue weighted by atomic mass is 10.0. The zero-order valence-corrected chi connectivity index (χ0v) is 8.18. The van der Waals surface area contributed by atoms with Crippen LogP contribution in [0.4, 0.5) is 0 Å². The highest BCUT2D eigenvalue weighted by molar-refractivity contribution is 5.77. The Kier molecular flexibility index (Phi) is 5.29. The minimum absolute atomic E-state index is 0.383. The summed E-state index contributed by atoms with van der Waals surface area (Å²) >= 11 is 0. The lowest BCUT2D eigenvalue weighted by Gasteiger charge is -2.25. The topological polar surface area (TPSA) is 113 Å². The molecule has 0 aromatic rings. The Balaban J connectivity index is 4.36. The summed E-state index contributed by atoms with van der Waals surface area (Å²) in [6.45, 7) is 2.61. The van der Waals surface area contributed by atoms with Crippen molar-refractivity contribution in [3.8, 4) is 0 Å². The van der Waals surface area contributed by atoms with Gasteiger partial charge < -0.3 is 26.1 Å². The molecule has 1 amide bonds. The molecule has 0 heterocycles. The molecule has 14 heavy (non-hydrogen) atoms. The smallest absolute Gasteiger partial charge is 0.217 e. The van der Waals surface area contributed by atoms with E-state index < -0.39 is 30.2 Å². The van der Waals surface area contributed by atoms with E-state index in [4.69, 9.17) is 10.8 Å². The molecule has 0 rings (SSSR count). The van der Waals surface area contributed by atoms with Gasteiger partial charge in [-0.15, -0.1) is 0 Å². The van der Waals surface area contributed by atoms with Crippen LogP contribution in [0, 0.1) is 0 Å². The fraction of sp³-hybridized carbons (Fsp3) is 0.750. The van der Waals surface area contributed by atoms with Crippen molar-refractivity contribution in [1.29, 1.82) is 0 Å². The van der Waals surface area contributed by atoms with Crippen LogP contribution in [0.15, 0.2) is 0 Å². The summed E-state index contributed by atoms with van der Waals surface area (Å²) in [5.41, 5.74) is 5.40. The fourth-order valence-electron chi connectivity index (χ4n) is 0.959. The Labute approximate surface area is 82.1 Å². The van der Waals surface area contributed by atoms with Gasteiger partial charge in [-0.2, -0.15) is 0 Å². The van der Waals surface area contributed by atoms with Crippen molar-refractivity contribution in [2.75, 3.05) is 0 Å². The van der Waals surface area contributed by atoms with Crippen LogP contribution in [-0.4, -0.2) is 46.7 Å². The lowest BCUT2D eigenvalue weighted by Crippen LogP contribution is -2.55. The second kappa shape index (κ2) is 5.69. The first-order valence-electron chi connectivity index (χ1n) is 4.24. The van der Waals surface area contributed by atoms with Crippen LogP contribution in [0.1, 0.15) is 13.8 Å². The molecular weight excluding hydrogens is 188 g/mol. The predicted octanol–water partition coefficient (Wildman–Crippen LogP) is -2.24. The van der Waals surface area contributed by atoms with Gasteiger partial charge in [-0.05, 0) is 6.92 Å². The molecule has 0 radical (unpaired) electrons. The van der Waals surface area contributed by atoms with Gasteiger partial charge in [-0.25, -0.2) is 0 Å². The second-order valence-corrected chi connectivity index (χ2v) is 3.17. The van der Waals surface area contributed by atoms with E-state index >= 15 is 0 Å². The average Bonchev–Trinajstić information content (AvgIpc) is 2.11. The zero-order chi connectivity index (χ0) is 11.3. The van der Waals surface area contributed by atoms with E-state index in [2.05, 4.69) is 5.32 Å². The van der Waals surface area contributed by atoms with Crippen LogP contribution in [0.2, 0.25) is 0 Å². The maximum atomic E-state index is 10.6. The Hall–Kier alpha value is -0.980. The molecule has 5 N–H and O–H groups in total. The third kappa shape index (κ3) is 3.82. The third-order valence-electron chi connectivity index (χ3n) is 1.84. The number of nitrogens with one attached hydrogen (secondary N) is 1. The number of aldehydes is 1. The number of hydrogen-bond acceptors (Lipinski definition) is 5. The molecular formula is C8H16N2O4. The fourth-order valence-corrected chi connectivity index (χ4v) is 0.959. The number of rotatable bonds is 5. The number of hydrogen-bond donors (Lipinski definition) is 4. The van der Waals surface area contributed by atoms with E-state index in [1.54, 1.807) is 0 Å². The monoisotopic (exact) mass is 204 g/mol. The zero-order valence-electron chi connectivity index (χ0n) is 8.18. The maximum absolute atomic E-state index is 10.6. The Morgan fingerprint density at radius 1 is 1.50 bits per heavy atom. The summed E-state index contributed by atoms with van der Waals surface area (Å²) in [5.74, 6) is -0.445. The van der Waals surface area contributed by atoms with Gasteiger partial charge in [-0.3, -0.25) is 4.79 Å². The number of carbonyl (C=O) groups is 2. The van der Waals surface area contributed by atoms with E-state index in [-0.39, 0.29) is 0 Å². The van der Waals surface area contributed by atoms with Crippen LogP contribution in [-0.2, 0) is 9.59 Å². The normalized spacial score (nSPS) is 19.2. The van der Waals surface area contributed by atoms with E-state index in [1.165, 1.54) is 13.8 Å². The Morgan fingerprint density at radius 3 is 2.29 bits per heavy atom. The van der Waals surface area contributed by atoms with Crippen molar-refractivity contribution in [2.24, 2.45) is 5.73 Å². The van der Waals surface area contributed by atoms with Crippen LogP contribution in [0.25, 0.3) is 0 Å². The average molecular weight is 204 g/mol. The molecule has 4 atom stereocenters. The molecule has 0 aliphatic rings. The minimum Gasteiger partial charge on any atom is -0.392 e. The summed E-state index contributed by atoms with van der Waals surface area (Å²) < 4.78 is 0. The first kappa shape index (κ1) is 13.0. The molecule has 6 nitrogen and oxygen atoms in total. The van der Waals surface area contributed by atoms with Crippen molar-refractivity contribution in [1.82, 2.24) is 5.32 Å². The highest BCUT2D eigenvalue weighted by Gasteiger charge is 2.28. The van der Waals surface area contributed by atoms with Gasteiger partial charge in [0.1, 0.15) is 12.3 Å². The van der Waals surface area contributed by atoms with E-state index in [9.17, 15) is 14.7 Å². The SMILES string of the molecule is CC(=O)N[C@@H](C=O)[C@@H](O)[C@H](N)[C@@H](C)O. The molecule has 0 aliphatic heterocycles. The largest absolute Gasteiger partial charge is 0.392 e. The van der Waals surface area contributed by atoms with Gasteiger partial charge in [0, 0.05) is 6.92 Å². The van der Waals surface area contributed by atoms with Crippen molar-refractivity contribution in [2.45, 2.75) is 38.1 Å². The standard InChI is InChI=1S/C8H16N2O4/c1-4(12)7(9)8(14)6(3-11)10-5(2)13/h3-4,6-8,12,14H,9H2,1-2H3,(H,10,13)/t4-,6+,7-,8-/m1/s1. The molecule has 0 fully saturated rings. The molecule has 0 unspecified atom stereocenters. The Bertz CT molecular complexity index is 208. The number of aliphatic hydroxyl groups is 2. The van der Waals surface area contributed by atoms with E-state index in [0.717, 1.165) is 0 Å². The predicted molar refractivity (Wildman–Crippen MR) is 49.3 cm³/mol. The number of amides is 1. The van der Waals surface area contributed by atoms with E-state index in [0.29, 0.717) is 6.29 Å². The lowest BCUT2D eigenvalue weighted by molar-refractivity contribution is -0.124. The quantitative estimate of drug-likeness (QED) is 0.378. The first-order chi connectivity index (χ1) is 6.40. The van der Waals surface area contributed by atoms with Gasteiger partial charge in [-0.1, -0.05) is 0 Å². The molecule has 0 saturated carbocycles. The molecule has 0 bridgehead atoms. The molecule has 0 saturated heterocycles. The van der Waals surface area contributed by atoms with Crippen molar-refractivity contribution in [3.05, 3.63) is 0 Å². The molecule has 82 valence electrons. The van der Waals surface area contributed by atoms with E-state index in [1.807, 2.05) is 0 Å². The minimum atomic E-state index is -1.30. The van der Waals surface area contributed by atoms with Crippen LogP contribution < -0.4 is 11.1 Å². The van der Waals surface area contributed by atoms with Gasteiger partial charge in [0.15, 0.2) is 0 Å². The first-order valence-corrected chi connectivity index (χ1v) is 4.24. The highest BCUT2D eigenvalue weighted by atomic mass is 16.3. The molecule has 6 heteroatoms. The molecule has 0 aromatic carbocycles. The van der Waals surface area contributed by atoms with Crippen LogP contribution >= 0.6 is 0 Å². The summed E-state index contributed by atoms with van der Waals surface area (Å²) in [7, 11) is 0. The third-order valence-corrected chi connectivity index (χ3v) is 1.84. The summed E-state index contributed by atoms with van der Waals surface area (Å²) in [6, 6.07) is -2.06. The van der Waals surface area contributed by atoms with Crippen LogP contribution in [0.3, 0.4) is 0 Å². The summed E-state index contributed by atoms with van der Waals surface area (Å²) in [5, 5.41) is 20.7. The maximum Gasteiger partial charge on any atom is 0.217 e. The van der Waals surface area contributed by atoms with Gasteiger partial charge >= 0.3 is 0 Å². The number of carbonyl (C=O) groups excluding carboxylic acids is 2. The molecule has 0 spiro atoms. The summed E-state index contributed by atoms with van der Waals surface area (Å²) in [4.78, 5) is 21.1. The number of nitrogens with two attached hydrogens (primary N) is 1. The highest BCUT2D eigenvalue weighted by Crippen LogP contribution is 2.00. The van der Waals surface area contributed by atoms with Gasteiger partial charge in [0.2, 0.25) is 5.91 Å². The van der Waals surface area contributed by atoms with Gasteiger partial charge in [0.05, 0.1) is 18.2 Å². The Morgan fingerprint density at radius 2 is 2.00 bits per heavy atom. The van der Waals surface area contributed by atoms with Crippen LogP contribution in [0.5, 0.6) is 0 Å². The molecule has 0 aliphatic carbocycles. The summed E-state index contributed by atoms with van der Waals surface area (Å²) in [6.07, 6.45) is -1.87. The second-order valence-electron chi connectivity index (χ2n) is 3.17.